The predicted molar refractivity (Wildman–Crippen MR) is 80.7 cm³/mol. The number of carbonyl (C=O) groups is 3. The molecule has 0 rings (SSSR count). The summed E-state index contributed by atoms with van der Waals surface area (Å²) in [6.45, 7) is 11.1. The molecule has 1 atom stereocenters. The van der Waals surface area contributed by atoms with E-state index in [-0.39, 0.29) is 18.2 Å². The first kappa shape index (κ1) is 19.4. The molecule has 122 valence electrons. The highest BCUT2D eigenvalue weighted by molar-refractivity contribution is 5.84. The molecule has 0 bridgehead atoms. The van der Waals surface area contributed by atoms with E-state index in [9.17, 15) is 14.4 Å². The van der Waals surface area contributed by atoms with Crippen LogP contribution in [0, 0.1) is 10.8 Å². The van der Waals surface area contributed by atoms with Crippen molar-refractivity contribution in [3.05, 3.63) is 0 Å². The van der Waals surface area contributed by atoms with Crippen LogP contribution in [-0.4, -0.2) is 35.5 Å². The van der Waals surface area contributed by atoms with Gasteiger partial charge in [-0.25, -0.2) is 4.79 Å². The molecule has 2 amide bonds. The minimum atomic E-state index is -1.04. The van der Waals surface area contributed by atoms with Crippen molar-refractivity contribution in [2.24, 2.45) is 10.8 Å². The maximum absolute atomic E-state index is 11.8. The zero-order valence-corrected chi connectivity index (χ0v) is 13.9. The third-order valence-electron chi connectivity index (χ3n) is 2.97. The average Bonchev–Trinajstić information content (AvgIpc) is 2.28. The van der Waals surface area contributed by atoms with Crippen LogP contribution in [0.25, 0.3) is 0 Å². The molecule has 0 fully saturated rings. The fraction of sp³-hybridized carbons (Fsp3) is 0.800. The summed E-state index contributed by atoms with van der Waals surface area (Å²) in [5.74, 6) is -1.43. The van der Waals surface area contributed by atoms with Gasteiger partial charge in [-0.05, 0) is 11.8 Å². The van der Waals surface area contributed by atoms with Crippen LogP contribution < -0.4 is 10.6 Å². The molecule has 21 heavy (non-hydrogen) atoms. The summed E-state index contributed by atoms with van der Waals surface area (Å²) in [4.78, 5) is 34.5. The fourth-order valence-electron chi connectivity index (χ4n) is 1.60. The molecule has 0 spiro atoms. The van der Waals surface area contributed by atoms with Gasteiger partial charge in [0.1, 0.15) is 6.04 Å². The number of carboxylic acids is 1. The number of hydrogen-bond acceptors (Lipinski definition) is 3. The first-order chi connectivity index (χ1) is 9.35. The predicted octanol–water partition coefficient (Wildman–Crippen LogP) is 1.54. The van der Waals surface area contributed by atoms with Gasteiger partial charge in [0.25, 0.3) is 0 Å². The summed E-state index contributed by atoms with van der Waals surface area (Å²) >= 11 is 0. The SMILES string of the molecule is CC(C)(C)C(=O)NCCCC(=O)NC(C(=O)O)C(C)(C)C. The summed E-state index contributed by atoms with van der Waals surface area (Å²) in [6, 6.07) is -0.922. The monoisotopic (exact) mass is 300 g/mol. The Bertz CT molecular complexity index is 391. The molecule has 0 aromatic carbocycles. The number of rotatable bonds is 6. The fourth-order valence-corrected chi connectivity index (χ4v) is 1.60. The zero-order valence-electron chi connectivity index (χ0n) is 13.9. The minimum Gasteiger partial charge on any atom is -0.480 e. The lowest BCUT2D eigenvalue weighted by molar-refractivity contribution is -0.144. The first-order valence-electron chi connectivity index (χ1n) is 7.16. The van der Waals surface area contributed by atoms with Crippen LogP contribution in [0.4, 0.5) is 0 Å². The smallest absolute Gasteiger partial charge is 0.326 e. The maximum Gasteiger partial charge on any atom is 0.326 e. The Morgan fingerprint density at radius 3 is 1.95 bits per heavy atom. The Labute approximate surface area is 126 Å². The van der Waals surface area contributed by atoms with Crippen LogP contribution in [0.1, 0.15) is 54.4 Å². The van der Waals surface area contributed by atoms with Gasteiger partial charge in [-0.2, -0.15) is 0 Å². The van der Waals surface area contributed by atoms with Gasteiger partial charge in [0, 0.05) is 18.4 Å². The van der Waals surface area contributed by atoms with E-state index in [4.69, 9.17) is 5.11 Å². The Balaban J connectivity index is 4.17. The number of carboxylic acid groups (broad SMARTS) is 1. The lowest BCUT2D eigenvalue weighted by Gasteiger charge is -2.27. The second-order valence-electron chi connectivity index (χ2n) is 7.31. The zero-order chi connectivity index (χ0) is 16.8. The van der Waals surface area contributed by atoms with Crippen LogP contribution in [-0.2, 0) is 14.4 Å². The van der Waals surface area contributed by atoms with E-state index in [2.05, 4.69) is 10.6 Å². The lowest BCUT2D eigenvalue weighted by Crippen LogP contribution is -2.49. The summed E-state index contributed by atoms with van der Waals surface area (Å²) in [5, 5.41) is 14.4. The minimum absolute atomic E-state index is 0.0685. The molecule has 0 aliphatic heterocycles. The maximum atomic E-state index is 11.8. The number of aliphatic carboxylic acids is 1. The molecule has 0 radical (unpaired) electrons. The molecule has 0 aromatic heterocycles. The number of carbonyl (C=O) groups excluding carboxylic acids is 2. The quantitative estimate of drug-likeness (QED) is 0.648. The molecule has 0 aliphatic rings. The van der Waals surface area contributed by atoms with Crippen LogP contribution in [0.3, 0.4) is 0 Å². The highest BCUT2D eigenvalue weighted by atomic mass is 16.4. The van der Waals surface area contributed by atoms with Crippen LogP contribution in [0.2, 0.25) is 0 Å². The van der Waals surface area contributed by atoms with Crippen molar-refractivity contribution in [3.63, 3.8) is 0 Å². The van der Waals surface area contributed by atoms with E-state index in [1.54, 1.807) is 20.8 Å². The van der Waals surface area contributed by atoms with E-state index in [0.717, 1.165) is 0 Å². The van der Waals surface area contributed by atoms with E-state index >= 15 is 0 Å². The van der Waals surface area contributed by atoms with Crippen molar-refractivity contribution >= 4 is 17.8 Å². The van der Waals surface area contributed by atoms with Gasteiger partial charge in [-0.1, -0.05) is 41.5 Å². The number of hydrogen-bond donors (Lipinski definition) is 3. The normalized spacial score (nSPS) is 13.4. The molecular weight excluding hydrogens is 272 g/mol. The van der Waals surface area contributed by atoms with Gasteiger partial charge in [0.2, 0.25) is 11.8 Å². The molecule has 0 saturated heterocycles. The van der Waals surface area contributed by atoms with Crippen LogP contribution in [0.5, 0.6) is 0 Å². The topological polar surface area (TPSA) is 95.5 Å². The second-order valence-corrected chi connectivity index (χ2v) is 7.31. The molecule has 6 nitrogen and oxygen atoms in total. The van der Waals surface area contributed by atoms with Crippen molar-refractivity contribution in [3.8, 4) is 0 Å². The Morgan fingerprint density at radius 2 is 1.57 bits per heavy atom. The standard InChI is InChI=1S/C15H28N2O4/c1-14(2,3)11(12(19)20)17-10(18)8-7-9-16-13(21)15(4,5)6/h11H,7-9H2,1-6H3,(H,16,21)(H,17,18)(H,19,20). The molecule has 0 saturated carbocycles. The van der Waals surface area contributed by atoms with Gasteiger partial charge < -0.3 is 15.7 Å². The molecule has 1 unspecified atom stereocenters. The molecule has 3 N–H and O–H groups in total. The Kier molecular flexibility index (Phi) is 6.86. The Morgan fingerprint density at radius 1 is 1.05 bits per heavy atom. The van der Waals surface area contributed by atoms with E-state index in [1.165, 1.54) is 0 Å². The van der Waals surface area contributed by atoms with E-state index in [1.807, 2.05) is 20.8 Å². The molecular formula is C15H28N2O4. The van der Waals surface area contributed by atoms with E-state index < -0.39 is 22.8 Å². The highest BCUT2D eigenvalue weighted by Gasteiger charge is 2.32. The van der Waals surface area contributed by atoms with E-state index in [0.29, 0.717) is 13.0 Å². The van der Waals surface area contributed by atoms with Gasteiger partial charge in [-0.15, -0.1) is 0 Å². The molecule has 0 aliphatic carbocycles. The van der Waals surface area contributed by atoms with Crippen molar-refractivity contribution < 1.29 is 19.5 Å². The largest absolute Gasteiger partial charge is 0.480 e. The van der Waals surface area contributed by atoms with Gasteiger partial charge in [-0.3, -0.25) is 9.59 Å². The second kappa shape index (κ2) is 7.43. The van der Waals surface area contributed by atoms with Crippen molar-refractivity contribution in [2.45, 2.75) is 60.4 Å². The van der Waals surface area contributed by atoms with Crippen molar-refractivity contribution in [1.29, 1.82) is 0 Å². The lowest BCUT2D eigenvalue weighted by atomic mass is 9.86. The molecule has 6 heteroatoms. The summed E-state index contributed by atoms with van der Waals surface area (Å²) in [7, 11) is 0. The number of amides is 2. The number of nitrogens with one attached hydrogen (secondary N) is 2. The highest BCUT2D eigenvalue weighted by Crippen LogP contribution is 2.19. The summed E-state index contributed by atoms with van der Waals surface area (Å²) in [5.41, 5.74) is -1.01. The van der Waals surface area contributed by atoms with Gasteiger partial charge in [0.15, 0.2) is 0 Å². The average molecular weight is 300 g/mol. The third-order valence-corrected chi connectivity index (χ3v) is 2.97. The molecule has 0 heterocycles. The third kappa shape index (κ3) is 7.68. The summed E-state index contributed by atoms with van der Waals surface area (Å²) < 4.78 is 0. The van der Waals surface area contributed by atoms with Crippen molar-refractivity contribution in [2.75, 3.05) is 6.54 Å². The van der Waals surface area contributed by atoms with Crippen molar-refractivity contribution in [1.82, 2.24) is 10.6 Å². The van der Waals surface area contributed by atoms with Gasteiger partial charge >= 0.3 is 5.97 Å². The van der Waals surface area contributed by atoms with Gasteiger partial charge in [0.05, 0.1) is 0 Å². The Hall–Kier alpha value is -1.59. The van der Waals surface area contributed by atoms with Crippen LogP contribution in [0.15, 0.2) is 0 Å². The summed E-state index contributed by atoms with van der Waals surface area (Å²) in [6.07, 6.45) is 0.661. The van der Waals surface area contributed by atoms with Crippen LogP contribution >= 0.6 is 0 Å². The first-order valence-corrected chi connectivity index (χ1v) is 7.16. The molecule has 0 aromatic rings.